The van der Waals surface area contributed by atoms with Crippen molar-refractivity contribution in [2.45, 2.75) is 46.1 Å². The van der Waals surface area contributed by atoms with E-state index < -0.39 is 10.0 Å². The van der Waals surface area contributed by atoms with Crippen LogP contribution in [0.4, 0.5) is 5.69 Å². The number of carbonyl (C=O) groups excluding carboxylic acids is 1. The Hall–Kier alpha value is -2.34. The summed E-state index contributed by atoms with van der Waals surface area (Å²) in [4.78, 5) is 12.6. The predicted octanol–water partition coefficient (Wildman–Crippen LogP) is 4.44. The Labute approximate surface area is 175 Å². The second kappa shape index (κ2) is 10.4. The second-order valence-electron chi connectivity index (χ2n) is 7.89. The highest BCUT2D eigenvalue weighted by Gasteiger charge is 2.20. The summed E-state index contributed by atoms with van der Waals surface area (Å²) in [6, 6.07) is 17.3. The molecule has 1 N–H and O–H groups in total. The van der Waals surface area contributed by atoms with Gasteiger partial charge in [-0.3, -0.25) is 9.10 Å². The average Bonchev–Trinajstić information content (AvgIpc) is 2.65. The molecule has 2 aromatic rings. The highest BCUT2D eigenvalue weighted by Crippen LogP contribution is 2.23. The number of hydrogen-bond donors (Lipinski definition) is 1. The van der Waals surface area contributed by atoms with Crippen molar-refractivity contribution in [1.29, 1.82) is 0 Å². The molecule has 0 aliphatic rings. The van der Waals surface area contributed by atoms with Crippen LogP contribution in [-0.4, -0.2) is 27.1 Å². The van der Waals surface area contributed by atoms with E-state index >= 15 is 0 Å². The first-order valence-electron chi connectivity index (χ1n) is 10.1. The fourth-order valence-electron chi connectivity index (χ4n) is 3.39. The van der Waals surface area contributed by atoms with Gasteiger partial charge in [-0.1, -0.05) is 62.4 Å². The minimum Gasteiger partial charge on any atom is -0.349 e. The second-order valence-corrected chi connectivity index (χ2v) is 9.79. The number of sulfonamides is 1. The lowest BCUT2D eigenvalue weighted by Gasteiger charge is -2.24. The number of anilines is 1. The molecule has 0 aliphatic heterocycles. The van der Waals surface area contributed by atoms with E-state index in [1.807, 2.05) is 55.5 Å². The Morgan fingerprint density at radius 2 is 1.66 bits per heavy atom. The molecule has 0 saturated heterocycles. The number of nitrogens with one attached hydrogen (secondary N) is 1. The van der Waals surface area contributed by atoms with Crippen molar-refractivity contribution < 1.29 is 13.2 Å². The monoisotopic (exact) mass is 416 g/mol. The maximum absolute atomic E-state index is 12.6. The molecular formula is C23H32N2O3S. The predicted molar refractivity (Wildman–Crippen MR) is 119 cm³/mol. The Morgan fingerprint density at radius 1 is 1.03 bits per heavy atom. The van der Waals surface area contributed by atoms with Crippen LogP contribution in [0.2, 0.25) is 0 Å². The van der Waals surface area contributed by atoms with Crippen molar-refractivity contribution in [3.8, 4) is 0 Å². The summed E-state index contributed by atoms with van der Waals surface area (Å²) in [6.07, 6.45) is 2.79. The fourth-order valence-corrected chi connectivity index (χ4v) is 4.42. The summed E-state index contributed by atoms with van der Waals surface area (Å²) in [5.74, 6) is 0.389. The molecule has 1 unspecified atom stereocenters. The highest BCUT2D eigenvalue weighted by atomic mass is 32.2. The molecule has 158 valence electrons. The smallest absolute Gasteiger partial charge is 0.232 e. The summed E-state index contributed by atoms with van der Waals surface area (Å²) < 4.78 is 25.9. The van der Waals surface area contributed by atoms with Crippen LogP contribution in [0, 0.1) is 12.8 Å². The van der Waals surface area contributed by atoms with Crippen LogP contribution in [0.3, 0.4) is 0 Å². The number of carbonyl (C=O) groups is 1. The quantitative estimate of drug-likeness (QED) is 0.622. The molecule has 0 aliphatic carbocycles. The third-order valence-electron chi connectivity index (χ3n) is 4.79. The molecule has 29 heavy (non-hydrogen) atoms. The van der Waals surface area contributed by atoms with Crippen LogP contribution in [0.25, 0.3) is 0 Å². The van der Waals surface area contributed by atoms with Gasteiger partial charge in [0.25, 0.3) is 0 Å². The van der Waals surface area contributed by atoms with Crippen LogP contribution in [0.5, 0.6) is 0 Å². The van der Waals surface area contributed by atoms with Crippen LogP contribution < -0.4 is 9.62 Å². The zero-order valence-electron chi connectivity index (χ0n) is 17.8. The number of nitrogens with zero attached hydrogens (tertiary/aromatic N) is 1. The molecule has 0 saturated carbocycles. The minimum atomic E-state index is -3.42. The summed E-state index contributed by atoms with van der Waals surface area (Å²) in [5.41, 5.74) is 2.65. The molecule has 1 atom stereocenters. The first-order chi connectivity index (χ1) is 13.7. The molecular weight excluding hydrogens is 384 g/mol. The highest BCUT2D eigenvalue weighted by molar-refractivity contribution is 7.92. The van der Waals surface area contributed by atoms with Crippen molar-refractivity contribution in [2.75, 3.05) is 17.1 Å². The Bertz CT molecular complexity index is 895. The van der Waals surface area contributed by atoms with Crippen LogP contribution in [0.15, 0.2) is 54.6 Å². The summed E-state index contributed by atoms with van der Waals surface area (Å²) in [7, 11) is -3.42. The van der Waals surface area contributed by atoms with Gasteiger partial charge in [-0.25, -0.2) is 8.42 Å². The SMILES string of the molecule is Cc1ccccc1N(CCCC(=O)NC(CC(C)C)c1ccccc1)S(C)(=O)=O. The fraction of sp³-hybridized carbons (Fsp3) is 0.435. The van der Waals surface area contributed by atoms with Gasteiger partial charge in [0, 0.05) is 13.0 Å². The molecule has 0 bridgehead atoms. The Morgan fingerprint density at radius 3 is 2.24 bits per heavy atom. The first-order valence-corrected chi connectivity index (χ1v) is 11.9. The van der Waals surface area contributed by atoms with Crippen LogP contribution in [0.1, 0.15) is 50.3 Å². The van der Waals surface area contributed by atoms with E-state index in [0.717, 1.165) is 17.5 Å². The van der Waals surface area contributed by atoms with E-state index in [0.29, 0.717) is 18.0 Å². The van der Waals surface area contributed by atoms with Crippen molar-refractivity contribution in [3.05, 3.63) is 65.7 Å². The van der Waals surface area contributed by atoms with Gasteiger partial charge in [0.2, 0.25) is 15.9 Å². The molecule has 0 aromatic heterocycles. The summed E-state index contributed by atoms with van der Waals surface area (Å²) in [5, 5.41) is 3.12. The molecule has 6 heteroatoms. The molecule has 0 fully saturated rings. The normalized spacial score (nSPS) is 12.6. The van der Waals surface area contributed by atoms with Gasteiger partial charge in [0.1, 0.15) is 0 Å². The average molecular weight is 417 g/mol. The van der Waals surface area contributed by atoms with E-state index in [1.54, 1.807) is 6.07 Å². The molecule has 0 spiro atoms. The lowest BCUT2D eigenvalue weighted by atomic mass is 9.97. The number of amides is 1. The zero-order chi connectivity index (χ0) is 21.4. The molecule has 1 amide bonds. The molecule has 2 rings (SSSR count). The molecule has 5 nitrogen and oxygen atoms in total. The topological polar surface area (TPSA) is 66.5 Å². The van der Waals surface area contributed by atoms with E-state index in [4.69, 9.17) is 0 Å². The van der Waals surface area contributed by atoms with Gasteiger partial charge >= 0.3 is 0 Å². The van der Waals surface area contributed by atoms with Gasteiger partial charge in [0.05, 0.1) is 18.0 Å². The van der Waals surface area contributed by atoms with Gasteiger partial charge < -0.3 is 5.32 Å². The van der Waals surface area contributed by atoms with Crippen LogP contribution >= 0.6 is 0 Å². The molecule has 0 radical (unpaired) electrons. The maximum atomic E-state index is 12.6. The third-order valence-corrected chi connectivity index (χ3v) is 5.97. The van der Waals surface area contributed by atoms with Gasteiger partial charge in [-0.2, -0.15) is 0 Å². The maximum Gasteiger partial charge on any atom is 0.232 e. The number of rotatable bonds is 10. The number of benzene rings is 2. The number of aryl methyl sites for hydroxylation is 1. The molecule has 0 heterocycles. The van der Waals surface area contributed by atoms with Crippen molar-refractivity contribution in [1.82, 2.24) is 5.32 Å². The largest absolute Gasteiger partial charge is 0.349 e. The Balaban J connectivity index is 2.00. The summed E-state index contributed by atoms with van der Waals surface area (Å²) >= 11 is 0. The van der Waals surface area contributed by atoms with E-state index in [9.17, 15) is 13.2 Å². The Kier molecular flexibility index (Phi) is 8.26. The summed E-state index contributed by atoms with van der Waals surface area (Å²) in [6.45, 7) is 6.43. The number of hydrogen-bond acceptors (Lipinski definition) is 3. The van der Waals surface area contributed by atoms with E-state index in [-0.39, 0.29) is 24.9 Å². The van der Waals surface area contributed by atoms with Gasteiger partial charge in [0.15, 0.2) is 0 Å². The van der Waals surface area contributed by atoms with E-state index in [1.165, 1.54) is 10.6 Å². The van der Waals surface area contributed by atoms with Gasteiger partial charge in [-0.05, 0) is 42.9 Å². The van der Waals surface area contributed by atoms with E-state index in [2.05, 4.69) is 19.2 Å². The molecule has 2 aromatic carbocycles. The van der Waals surface area contributed by atoms with Crippen molar-refractivity contribution >= 4 is 21.6 Å². The van der Waals surface area contributed by atoms with Crippen LogP contribution in [-0.2, 0) is 14.8 Å². The first kappa shape index (κ1) is 22.9. The zero-order valence-corrected chi connectivity index (χ0v) is 18.6. The lowest BCUT2D eigenvalue weighted by Crippen LogP contribution is -2.33. The van der Waals surface area contributed by atoms with Gasteiger partial charge in [-0.15, -0.1) is 0 Å². The van der Waals surface area contributed by atoms with Crippen molar-refractivity contribution in [2.24, 2.45) is 5.92 Å². The minimum absolute atomic E-state index is 0.0360. The standard InChI is InChI=1S/C23H32N2O3S/c1-18(2)17-21(20-12-6-5-7-13-20)24-23(26)15-10-16-25(29(4,27)28)22-14-9-8-11-19(22)3/h5-9,11-14,18,21H,10,15-17H2,1-4H3,(H,24,26). The lowest BCUT2D eigenvalue weighted by molar-refractivity contribution is -0.122. The van der Waals surface area contributed by atoms with Crippen molar-refractivity contribution in [3.63, 3.8) is 0 Å². The number of para-hydroxylation sites is 1. The third kappa shape index (κ3) is 7.20.